The van der Waals surface area contributed by atoms with E-state index in [1.807, 2.05) is 44.8 Å². The molecular formula is C18H21N2OP. The Hall–Kier alpha value is -1.86. The van der Waals surface area contributed by atoms with Gasteiger partial charge in [-0.3, -0.25) is 0 Å². The average molecular weight is 312 g/mol. The molecule has 2 heterocycles. The van der Waals surface area contributed by atoms with Crippen LogP contribution in [0.1, 0.15) is 18.1 Å². The van der Waals surface area contributed by atoms with E-state index in [1.54, 1.807) is 0 Å². The number of benzene rings is 1. The Bertz CT molecular complexity index is 889. The number of fused-ring (bicyclic) bond motifs is 1. The Morgan fingerprint density at radius 2 is 1.91 bits per heavy atom. The minimum absolute atomic E-state index is 0.921. The Kier molecular flexibility index (Phi) is 3.70. The molecule has 0 aliphatic heterocycles. The van der Waals surface area contributed by atoms with Crippen LogP contribution in [0, 0.1) is 6.92 Å². The van der Waals surface area contributed by atoms with Gasteiger partial charge < -0.3 is 9.55 Å². The molecule has 114 valence electrons. The first-order valence-corrected chi connectivity index (χ1v) is 10.1. The maximum Gasteiger partial charge on any atom is 0.137 e. The van der Waals surface area contributed by atoms with E-state index in [0.717, 1.165) is 34.1 Å². The lowest BCUT2D eigenvalue weighted by molar-refractivity contribution is 0.588. The fourth-order valence-electron chi connectivity index (χ4n) is 2.75. The van der Waals surface area contributed by atoms with Crippen molar-refractivity contribution in [2.45, 2.75) is 20.3 Å². The first kappa shape index (κ1) is 15.1. The van der Waals surface area contributed by atoms with Crippen LogP contribution in [0.15, 0.2) is 36.7 Å². The van der Waals surface area contributed by atoms with Gasteiger partial charge in [0.15, 0.2) is 0 Å². The molecule has 0 radical (unpaired) electrons. The molecule has 1 aromatic carbocycles. The number of pyridine rings is 1. The Balaban J connectivity index is 2.18. The summed E-state index contributed by atoms with van der Waals surface area (Å²) in [6, 6.07) is 8.35. The van der Waals surface area contributed by atoms with E-state index in [0.29, 0.717) is 0 Å². The molecule has 0 unspecified atom stereocenters. The highest BCUT2D eigenvalue weighted by molar-refractivity contribution is 7.70. The van der Waals surface area contributed by atoms with E-state index < -0.39 is 7.14 Å². The molecule has 0 spiro atoms. The Morgan fingerprint density at radius 3 is 2.59 bits per heavy atom. The molecule has 0 aliphatic carbocycles. The summed E-state index contributed by atoms with van der Waals surface area (Å²) in [7, 11) is -2.27. The van der Waals surface area contributed by atoms with Crippen molar-refractivity contribution in [1.82, 2.24) is 9.97 Å². The number of aromatic nitrogens is 2. The van der Waals surface area contributed by atoms with Gasteiger partial charge in [0.25, 0.3) is 0 Å². The molecule has 3 nitrogen and oxygen atoms in total. The third-order valence-corrected chi connectivity index (χ3v) is 5.52. The van der Waals surface area contributed by atoms with Gasteiger partial charge in [-0.15, -0.1) is 0 Å². The van der Waals surface area contributed by atoms with Gasteiger partial charge in [-0.1, -0.05) is 13.0 Å². The summed E-state index contributed by atoms with van der Waals surface area (Å²) < 4.78 is 12.4. The molecule has 0 amide bonds. The average Bonchev–Trinajstić information content (AvgIpc) is 2.87. The highest BCUT2D eigenvalue weighted by Crippen LogP contribution is 2.36. The molecule has 3 aromatic rings. The summed E-state index contributed by atoms with van der Waals surface area (Å²) >= 11 is 0. The Labute approximate surface area is 131 Å². The third-order valence-electron chi connectivity index (χ3n) is 4.01. The normalized spacial score (nSPS) is 12.0. The van der Waals surface area contributed by atoms with Crippen LogP contribution in [0.2, 0.25) is 0 Å². The zero-order chi connectivity index (χ0) is 15.9. The van der Waals surface area contributed by atoms with Crippen LogP contribution >= 0.6 is 7.14 Å². The second-order valence-corrected chi connectivity index (χ2v) is 9.41. The summed E-state index contributed by atoms with van der Waals surface area (Å²) in [6.07, 6.45) is 4.88. The number of hydrogen-bond donors (Lipinski definition) is 1. The summed E-state index contributed by atoms with van der Waals surface area (Å²) in [5.41, 5.74) is 5.47. The number of aryl methyl sites for hydroxylation is 2. The van der Waals surface area contributed by atoms with Crippen molar-refractivity contribution < 1.29 is 4.57 Å². The maximum atomic E-state index is 12.4. The SMILES string of the molecule is CCc1c[nH]c2ncc(-c3cc(C)cc(P(C)(C)=O)c3)cc12. The third kappa shape index (κ3) is 2.74. The molecule has 4 heteroatoms. The van der Waals surface area contributed by atoms with Crippen LogP contribution < -0.4 is 5.30 Å². The molecule has 0 atom stereocenters. The largest absolute Gasteiger partial charge is 0.346 e. The van der Waals surface area contributed by atoms with Crippen molar-refractivity contribution in [3.63, 3.8) is 0 Å². The second kappa shape index (κ2) is 5.40. The quantitative estimate of drug-likeness (QED) is 0.731. The molecule has 0 fully saturated rings. The maximum absolute atomic E-state index is 12.4. The van der Waals surface area contributed by atoms with Crippen LogP contribution in [0.25, 0.3) is 22.2 Å². The smallest absolute Gasteiger partial charge is 0.137 e. The van der Waals surface area contributed by atoms with Crippen molar-refractivity contribution in [1.29, 1.82) is 0 Å². The van der Waals surface area contributed by atoms with Gasteiger partial charge in [-0.05, 0) is 61.6 Å². The number of rotatable bonds is 3. The van der Waals surface area contributed by atoms with Crippen molar-refractivity contribution in [3.8, 4) is 11.1 Å². The van der Waals surface area contributed by atoms with Crippen molar-refractivity contribution in [2.24, 2.45) is 0 Å². The summed E-state index contributed by atoms with van der Waals surface area (Å²) in [4.78, 5) is 7.73. The second-order valence-electron chi connectivity index (χ2n) is 6.20. The van der Waals surface area contributed by atoms with Crippen LogP contribution in [-0.2, 0) is 11.0 Å². The number of H-pyrrole nitrogens is 1. The number of hydrogen-bond acceptors (Lipinski definition) is 2. The molecule has 0 saturated heterocycles. The van der Waals surface area contributed by atoms with E-state index in [4.69, 9.17) is 0 Å². The van der Waals surface area contributed by atoms with Gasteiger partial charge in [0, 0.05) is 28.6 Å². The van der Waals surface area contributed by atoms with E-state index in [9.17, 15) is 4.57 Å². The monoisotopic (exact) mass is 312 g/mol. The number of nitrogens with zero attached hydrogens (tertiary/aromatic N) is 1. The molecule has 0 saturated carbocycles. The molecule has 3 rings (SSSR count). The van der Waals surface area contributed by atoms with Crippen LogP contribution in [-0.4, -0.2) is 23.3 Å². The zero-order valence-corrected chi connectivity index (χ0v) is 14.4. The van der Waals surface area contributed by atoms with Gasteiger partial charge in [0.1, 0.15) is 12.8 Å². The fourth-order valence-corrected chi connectivity index (χ4v) is 3.71. The minimum Gasteiger partial charge on any atom is -0.346 e. The van der Waals surface area contributed by atoms with Gasteiger partial charge in [0.05, 0.1) is 0 Å². The van der Waals surface area contributed by atoms with Crippen LogP contribution in [0.3, 0.4) is 0 Å². The number of aromatic amines is 1. The standard InChI is InChI=1S/C18H21N2OP/c1-5-13-10-19-18-17(13)9-15(11-20-18)14-6-12(2)7-16(8-14)22(3,4)21/h6-11H,5H2,1-4H3,(H,19,20). The van der Waals surface area contributed by atoms with E-state index in [2.05, 4.69) is 29.0 Å². The predicted molar refractivity (Wildman–Crippen MR) is 94.7 cm³/mol. The molecule has 0 bridgehead atoms. The van der Waals surface area contributed by atoms with Crippen molar-refractivity contribution >= 4 is 23.5 Å². The fraction of sp³-hybridized carbons (Fsp3) is 0.278. The Morgan fingerprint density at radius 1 is 1.14 bits per heavy atom. The lowest BCUT2D eigenvalue weighted by Crippen LogP contribution is -2.04. The highest BCUT2D eigenvalue weighted by Gasteiger charge is 2.14. The predicted octanol–water partition coefficient (Wildman–Crippen LogP) is 4.35. The topological polar surface area (TPSA) is 45.8 Å². The minimum atomic E-state index is -2.27. The van der Waals surface area contributed by atoms with E-state index in [-0.39, 0.29) is 0 Å². The first-order valence-electron chi connectivity index (χ1n) is 7.52. The highest BCUT2D eigenvalue weighted by atomic mass is 31.2. The summed E-state index contributed by atoms with van der Waals surface area (Å²) in [5.74, 6) is 0. The van der Waals surface area contributed by atoms with Gasteiger partial charge >= 0.3 is 0 Å². The van der Waals surface area contributed by atoms with E-state index in [1.165, 1.54) is 10.9 Å². The lowest BCUT2D eigenvalue weighted by Gasteiger charge is -2.11. The van der Waals surface area contributed by atoms with Gasteiger partial charge in [-0.25, -0.2) is 4.98 Å². The first-order chi connectivity index (χ1) is 10.4. The molecule has 22 heavy (non-hydrogen) atoms. The van der Waals surface area contributed by atoms with Crippen LogP contribution in [0.4, 0.5) is 0 Å². The molecule has 0 aliphatic rings. The van der Waals surface area contributed by atoms with Gasteiger partial charge in [0.2, 0.25) is 0 Å². The molecular weight excluding hydrogens is 291 g/mol. The van der Waals surface area contributed by atoms with Crippen LogP contribution in [0.5, 0.6) is 0 Å². The summed E-state index contributed by atoms with van der Waals surface area (Å²) in [6.45, 7) is 7.82. The summed E-state index contributed by atoms with van der Waals surface area (Å²) in [5, 5.41) is 2.09. The van der Waals surface area contributed by atoms with E-state index >= 15 is 0 Å². The van der Waals surface area contributed by atoms with Gasteiger partial charge in [-0.2, -0.15) is 0 Å². The number of nitrogens with one attached hydrogen (secondary N) is 1. The zero-order valence-electron chi connectivity index (χ0n) is 13.5. The lowest BCUT2D eigenvalue weighted by atomic mass is 10.0. The van der Waals surface area contributed by atoms with Crippen molar-refractivity contribution in [3.05, 3.63) is 47.8 Å². The molecule has 2 aromatic heterocycles. The molecule has 1 N–H and O–H groups in total. The van der Waals surface area contributed by atoms with Crippen molar-refractivity contribution in [2.75, 3.05) is 13.3 Å².